The molecule has 2 N–H and O–H groups in total. The summed E-state index contributed by atoms with van der Waals surface area (Å²) in [7, 11) is 0. The number of hydrogen-bond acceptors (Lipinski definition) is 4. The van der Waals surface area contributed by atoms with Gasteiger partial charge in [0.2, 0.25) is 5.91 Å². The van der Waals surface area contributed by atoms with Gasteiger partial charge in [-0.1, -0.05) is 13.8 Å². The zero-order valence-corrected chi connectivity index (χ0v) is 11.6. The van der Waals surface area contributed by atoms with Crippen molar-refractivity contribution >= 4 is 23.2 Å². The summed E-state index contributed by atoms with van der Waals surface area (Å²) in [6, 6.07) is -1.25. The summed E-state index contributed by atoms with van der Waals surface area (Å²) in [5.74, 6) is -3.27. The molecule has 1 aromatic heterocycles. The van der Waals surface area contributed by atoms with Gasteiger partial charge in [0.15, 0.2) is 0 Å². The average Bonchev–Trinajstić information content (AvgIpc) is 2.84. The molecule has 5 nitrogen and oxygen atoms in total. The van der Waals surface area contributed by atoms with Crippen molar-refractivity contribution in [2.75, 3.05) is 0 Å². The summed E-state index contributed by atoms with van der Waals surface area (Å²) in [6.07, 6.45) is -3.46. The number of nitrogens with zero attached hydrogens (tertiary/aromatic N) is 1. The highest BCUT2D eigenvalue weighted by Crippen LogP contribution is 2.15. The molecule has 1 rings (SSSR count). The fraction of sp³-hybridized carbons (Fsp3) is 0.545. The van der Waals surface area contributed by atoms with Crippen molar-refractivity contribution < 1.29 is 22.8 Å². The molecule has 0 aliphatic carbocycles. The first-order valence-electron chi connectivity index (χ1n) is 5.75. The first kappa shape index (κ1) is 16.4. The number of amides is 2. The van der Waals surface area contributed by atoms with Crippen LogP contribution in [0, 0.1) is 5.92 Å². The molecule has 0 aliphatic rings. The number of aromatic nitrogens is 1. The molecule has 0 radical (unpaired) electrons. The molecule has 2 amide bonds. The Morgan fingerprint density at radius 3 is 2.50 bits per heavy atom. The van der Waals surface area contributed by atoms with Crippen LogP contribution in [0.1, 0.15) is 18.9 Å². The minimum atomic E-state index is -5.01. The maximum atomic E-state index is 12.2. The zero-order valence-electron chi connectivity index (χ0n) is 10.8. The number of halogens is 3. The quantitative estimate of drug-likeness (QED) is 0.865. The topological polar surface area (TPSA) is 71.1 Å². The van der Waals surface area contributed by atoms with E-state index in [0.29, 0.717) is 5.01 Å². The van der Waals surface area contributed by atoms with Gasteiger partial charge in [0.1, 0.15) is 11.0 Å². The maximum Gasteiger partial charge on any atom is 0.471 e. The summed E-state index contributed by atoms with van der Waals surface area (Å²) in [5.41, 5.74) is 0. The Kier molecular flexibility index (Phi) is 5.49. The maximum absolute atomic E-state index is 12.2. The second-order valence-electron chi connectivity index (χ2n) is 4.34. The van der Waals surface area contributed by atoms with Gasteiger partial charge in [0, 0.05) is 11.6 Å². The van der Waals surface area contributed by atoms with E-state index in [0.717, 1.165) is 0 Å². The van der Waals surface area contributed by atoms with Gasteiger partial charge in [-0.25, -0.2) is 4.98 Å². The normalized spacial score (nSPS) is 13.1. The molecule has 0 unspecified atom stereocenters. The zero-order chi connectivity index (χ0) is 15.3. The third-order valence-electron chi connectivity index (χ3n) is 2.39. The van der Waals surface area contributed by atoms with Crippen LogP contribution in [0.4, 0.5) is 13.2 Å². The summed E-state index contributed by atoms with van der Waals surface area (Å²) < 4.78 is 36.6. The highest BCUT2D eigenvalue weighted by atomic mass is 32.1. The molecule has 0 saturated heterocycles. The van der Waals surface area contributed by atoms with Crippen LogP contribution >= 0.6 is 11.3 Å². The largest absolute Gasteiger partial charge is 0.471 e. The van der Waals surface area contributed by atoms with E-state index in [1.54, 1.807) is 30.7 Å². The monoisotopic (exact) mass is 309 g/mol. The van der Waals surface area contributed by atoms with Gasteiger partial charge in [0.25, 0.3) is 0 Å². The minimum Gasteiger partial charge on any atom is -0.348 e. The number of rotatable bonds is 5. The lowest BCUT2D eigenvalue weighted by Gasteiger charge is -2.22. The van der Waals surface area contributed by atoms with Gasteiger partial charge in [-0.3, -0.25) is 9.59 Å². The van der Waals surface area contributed by atoms with Gasteiger partial charge in [-0.15, -0.1) is 11.3 Å². The number of carbonyl (C=O) groups excluding carboxylic acids is 2. The van der Waals surface area contributed by atoms with E-state index in [1.807, 2.05) is 0 Å². The Balaban J connectivity index is 2.61. The molecule has 0 fully saturated rings. The summed E-state index contributed by atoms with van der Waals surface area (Å²) in [4.78, 5) is 26.6. The molecule has 1 heterocycles. The van der Waals surface area contributed by atoms with Crippen molar-refractivity contribution in [3.05, 3.63) is 16.6 Å². The summed E-state index contributed by atoms with van der Waals surface area (Å²) in [5, 5.41) is 6.49. The van der Waals surface area contributed by atoms with Gasteiger partial charge in [-0.2, -0.15) is 13.2 Å². The van der Waals surface area contributed by atoms with Crippen LogP contribution in [-0.4, -0.2) is 29.0 Å². The van der Waals surface area contributed by atoms with Gasteiger partial charge in [-0.05, 0) is 5.92 Å². The molecule has 1 aromatic rings. The number of nitrogens with one attached hydrogen (secondary N) is 2. The standard InChI is InChI=1S/C11H14F3N3O2S/c1-6(2)8(17-10(19)11(12,13)14)9(18)16-5-7-15-3-4-20-7/h3-4,6,8H,5H2,1-2H3,(H,16,18)(H,17,19)/t8-/m0/s1. The smallest absolute Gasteiger partial charge is 0.348 e. The van der Waals surface area contributed by atoms with Crippen LogP contribution in [0.3, 0.4) is 0 Å². The van der Waals surface area contributed by atoms with Gasteiger partial charge in [0.05, 0.1) is 6.54 Å². The molecule has 112 valence electrons. The minimum absolute atomic E-state index is 0.113. The number of thiazole rings is 1. The van der Waals surface area contributed by atoms with Crippen molar-refractivity contribution in [1.82, 2.24) is 15.6 Å². The van der Waals surface area contributed by atoms with E-state index in [9.17, 15) is 22.8 Å². The van der Waals surface area contributed by atoms with Crippen LogP contribution < -0.4 is 10.6 Å². The Labute approximate surface area is 117 Å². The molecule has 0 bridgehead atoms. The Bertz CT molecular complexity index is 460. The average molecular weight is 309 g/mol. The van der Waals surface area contributed by atoms with Gasteiger partial charge < -0.3 is 10.6 Å². The lowest BCUT2D eigenvalue weighted by atomic mass is 10.0. The highest BCUT2D eigenvalue weighted by Gasteiger charge is 2.41. The van der Waals surface area contributed by atoms with Crippen molar-refractivity contribution in [2.24, 2.45) is 5.92 Å². The van der Waals surface area contributed by atoms with Crippen LogP contribution in [0.2, 0.25) is 0 Å². The Morgan fingerprint density at radius 1 is 1.40 bits per heavy atom. The lowest BCUT2D eigenvalue weighted by Crippen LogP contribution is -2.52. The SMILES string of the molecule is CC(C)[C@H](NC(=O)C(F)(F)F)C(=O)NCc1nccs1. The second kappa shape index (κ2) is 6.69. The van der Waals surface area contributed by atoms with Crippen molar-refractivity contribution in [1.29, 1.82) is 0 Å². The molecule has 0 aliphatic heterocycles. The molecule has 1 atom stereocenters. The van der Waals surface area contributed by atoms with Gasteiger partial charge >= 0.3 is 12.1 Å². The molecule has 0 saturated carbocycles. The van der Waals surface area contributed by atoms with Crippen LogP contribution in [0.15, 0.2) is 11.6 Å². The van der Waals surface area contributed by atoms with E-state index < -0.39 is 30.0 Å². The van der Waals surface area contributed by atoms with Crippen LogP contribution in [0.25, 0.3) is 0 Å². The van der Waals surface area contributed by atoms with E-state index in [-0.39, 0.29) is 6.54 Å². The third-order valence-corrected chi connectivity index (χ3v) is 3.17. The predicted octanol–water partition coefficient (Wildman–Crippen LogP) is 1.46. The van der Waals surface area contributed by atoms with E-state index in [4.69, 9.17) is 0 Å². The summed E-state index contributed by atoms with van der Waals surface area (Å²) in [6.45, 7) is 3.20. The van der Waals surface area contributed by atoms with E-state index in [2.05, 4.69) is 10.3 Å². The Hall–Kier alpha value is -1.64. The fourth-order valence-corrected chi connectivity index (χ4v) is 1.93. The molecular formula is C11H14F3N3O2S. The van der Waals surface area contributed by atoms with Crippen molar-refractivity contribution in [3.8, 4) is 0 Å². The van der Waals surface area contributed by atoms with Crippen LogP contribution in [-0.2, 0) is 16.1 Å². The molecule has 0 aromatic carbocycles. The fourth-order valence-electron chi connectivity index (χ4n) is 1.37. The first-order chi connectivity index (χ1) is 9.21. The molecule has 9 heteroatoms. The van der Waals surface area contributed by atoms with Crippen molar-refractivity contribution in [3.63, 3.8) is 0 Å². The first-order valence-corrected chi connectivity index (χ1v) is 6.63. The third kappa shape index (κ3) is 4.80. The number of alkyl halides is 3. The lowest BCUT2D eigenvalue weighted by molar-refractivity contribution is -0.175. The summed E-state index contributed by atoms with van der Waals surface area (Å²) >= 11 is 1.31. The Morgan fingerprint density at radius 2 is 2.05 bits per heavy atom. The van der Waals surface area contributed by atoms with Crippen LogP contribution in [0.5, 0.6) is 0 Å². The second-order valence-corrected chi connectivity index (χ2v) is 5.32. The molecule has 20 heavy (non-hydrogen) atoms. The molecule has 0 spiro atoms. The highest BCUT2D eigenvalue weighted by molar-refractivity contribution is 7.09. The number of hydrogen-bond donors (Lipinski definition) is 2. The molecular weight excluding hydrogens is 295 g/mol. The van der Waals surface area contributed by atoms with E-state index >= 15 is 0 Å². The predicted molar refractivity (Wildman–Crippen MR) is 66.8 cm³/mol. The number of carbonyl (C=O) groups is 2. The van der Waals surface area contributed by atoms with E-state index in [1.165, 1.54) is 11.3 Å². The van der Waals surface area contributed by atoms with Crippen molar-refractivity contribution in [2.45, 2.75) is 32.6 Å².